The van der Waals surface area contributed by atoms with Crippen molar-refractivity contribution < 1.29 is 35.9 Å². The molecular formula is C48H59ClN12O8S4. The molecule has 0 radical (unpaired) electrons. The van der Waals surface area contributed by atoms with Crippen molar-refractivity contribution in [1.82, 2.24) is 29.9 Å². The third-order valence-electron chi connectivity index (χ3n) is 13.2. The Hall–Kier alpha value is -5.37. The molecule has 2 atom stereocenters. The minimum absolute atomic E-state index is 0.00394. The first kappa shape index (κ1) is 52.5. The van der Waals surface area contributed by atoms with Crippen molar-refractivity contribution in [2.75, 3.05) is 121 Å². The summed E-state index contributed by atoms with van der Waals surface area (Å²) in [7, 11) is -7.12. The van der Waals surface area contributed by atoms with Gasteiger partial charge in [0.05, 0.1) is 60.4 Å². The molecule has 2 N–H and O–H groups in total. The van der Waals surface area contributed by atoms with Gasteiger partial charge in [0.25, 0.3) is 0 Å². The van der Waals surface area contributed by atoms with Crippen molar-refractivity contribution in [1.29, 1.82) is 0 Å². The van der Waals surface area contributed by atoms with Gasteiger partial charge in [-0.2, -0.15) is 4.98 Å². The number of morpholine rings is 2. The molecule has 25 heteroatoms. The van der Waals surface area contributed by atoms with Gasteiger partial charge in [-0.1, -0.05) is 22.7 Å². The lowest BCUT2D eigenvalue weighted by Crippen LogP contribution is -2.39. The van der Waals surface area contributed by atoms with E-state index in [1.807, 2.05) is 12.1 Å². The van der Waals surface area contributed by atoms with E-state index in [1.54, 1.807) is 20.2 Å². The van der Waals surface area contributed by atoms with Crippen molar-refractivity contribution in [3.8, 4) is 0 Å². The summed E-state index contributed by atoms with van der Waals surface area (Å²) in [4.78, 5) is 58.1. The first-order valence-electron chi connectivity index (χ1n) is 24.3. The summed E-state index contributed by atoms with van der Waals surface area (Å²) in [5, 5.41) is 7.80. The molecule has 4 saturated heterocycles. The zero-order valence-corrected chi connectivity index (χ0v) is 45.2. The van der Waals surface area contributed by atoms with Crippen LogP contribution in [0.1, 0.15) is 50.9 Å². The summed E-state index contributed by atoms with van der Waals surface area (Å²) >= 11 is 8.37. The Balaban J connectivity index is 0.000000180. The second kappa shape index (κ2) is 22.6. The standard InChI is InChI=1S/C24H29ClN6O4S2.C24H30N6O4S2/c1-15-22(36-24(26-15)27-16(2)32)37(33,34)14-17-4-3-7-31(13-17)21-19-6-5-18(30-8-10-35-11-9-30)12-20(19)28-23(25)29-21;1-16-23(35-24(27-16)28-17(2)31)36(32,33)14-18-4-3-7-30(13-18)22-20-6-5-19(12-21(20)25-15-26-22)29-8-10-34-11-9-29/h5-6,12,17H,3-4,7-11,13-14H2,1-2H3,(H,26,27,32);5-6,12,15,18H,3-4,7-11,13-14H2,1-2H3,(H,27,28,31). The van der Waals surface area contributed by atoms with Gasteiger partial charge in [0.15, 0.2) is 29.9 Å². The lowest BCUT2D eigenvalue weighted by Gasteiger charge is -2.34. The number of fused-ring (bicyclic) bond motifs is 2. The van der Waals surface area contributed by atoms with E-state index < -0.39 is 19.7 Å². The van der Waals surface area contributed by atoms with Gasteiger partial charge in [-0.3, -0.25) is 9.59 Å². The van der Waals surface area contributed by atoms with Crippen LogP contribution in [0.25, 0.3) is 21.8 Å². The number of anilines is 6. The molecule has 4 aliphatic heterocycles. The Labute approximate surface area is 437 Å². The van der Waals surface area contributed by atoms with E-state index in [1.165, 1.54) is 13.8 Å². The van der Waals surface area contributed by atoms with Crippen molar-refractivity contribution in [2.45, 2.75) is 61.8 Å². The monoisotopic (exact) mass is 1090 g/mol. The van der Waals surface area contributed by atoms with E-state index in [9.17, 15) is 26.4 Å². The van der Waals surface area contributed by atoms with Crippen molar-refractivity contribution in [3.63, 3.8) is 0 Å². The topological polar surface area (TPSA) is 235 Å². The van der Waals surface area contributed by atoms with Gasteiger partial charge >= 0.3 is 0 Å². The second-order valence-corrected chi connectivity index (χ2v) is 25.5. The largest absolute Gasteiger partial charge is 0.378 e. The van der Waals surface area contributed by atoms with Crippen molar-refractivity contribution >= 4 is 121 Å². The molecule has 0 saturated carbocycles. The van der Waals surface area contributed by atoms with Crippen LogP contribution in [-0.2, 0) is 38.7 Å². The highest BCUT2D eigenvalue weighted by Gasteiger charge is 2.33. The maximum Gasteiger partial charge on any atom is 0.224 e. The Morgan fingerprint density at radius 2 is 1.10 bits per heavy atom. The van der Waals surface area contributed by atoms with Crippen LogP contribution in [-0.4, -0.2) is 149 Å². The summed E-state index contributed by atoms with van der Waals surface area (Å²) in [6, 6.07) is 12.4. The van der Waals surface area contributed by atoms with Gasteiger partial charge in [-0.05, 0) is 99.4 Å². The molecule has 6 aromatic rings. The number of hydrogen-bond donors (Lipinski definition) is 2. The van der Waals surface area contributed by atoms with Crippen molar-refractivity contribution in [2.24, 2.45) is 11.8 Å². The highest BCUT2D eigenvalue weighted by Crippen LogP contribution is 2.36. The fourth-order valence-electron chi connectivity index (χ4n) is 9.94. The summed E-state index contributed by atoms with van der Waals surface area (Å²) in [5.41, 5.74) is 4.67. The molecule has 8 heterocycles. The van der Waals surface area contributed by atoms with E-state index in [4.69, 9.17) is 21.1 Å². The van der Waals surface area contributed by atoms with Crippen LogP contribution < -0.4 is 30.2 Å². The average molecular weight is 1100 g/mol. The van der Waals surface area contributed by atoms with Crippen LogP contribution in [0.15, 0.2) is 51.1 Å². The Morgan fingerprint density at radius 1 is 0.630 bits per heavy atom. The number of ether oxygens (including phenoxy) is 2. The number of aromatic nitrogens is 6. The molecule has 2 amide bonds. The number of nitrogens with zero attached hydrogens (tertiary/aromatic N) is 10. The van der Waals surface area contributed by atoms with E-state index in [0.29, 0.717) is 48.0 Å². The molecule has 2 aromatic carbocycles. The first-order chi connectivity index (χ1) is 35.0. The third kappa shape index (κ3) is 12.6. The van der Waals surface area contributed by atoms with Crippen molar-refractivity contribution in [3.05, 3.63) is 59.4 Å². The van der Waals surface area contributed by atoms with E-state index >= 15 is 0 Å². The lowest BCUT2D eigenvalue weighted by atomic mass is 9.99. The Kier molecular flexibility index (Phi) is 16.3. The molecule has 0 aliphatic carbocycles. The number of rotatable bonds is 12. The molecule has 2 unspecified atom stereocenters. The van der Waals surface area contributed by atoms with Crippen LogP contribution in [0.5, 0.6) is 0 Å². The fourth-order valence-corrected chi connectivity index (χ4v) is 16.6. The molecule has 20 nitrogen and oxygen atoms in total. The SMILES string of the molecule is CC(=O)Nc1nc(C)c(S(=O)(=O)CC2CCCN(c3nc(Cl)nc4cc(N5CCOCC5)ccc34)C2)s1.CC(=O)Nc1nc(C)c(S(=O)(=O)CC2CCCN(c3ncnc4cc(N5CCOCC5)ccc34)C2)s1. The molecule has 10 rings (SSSR count). The number of thiazole rings is 2. The first-order valence-corrected chi connectivity index (χ1v) is 29.6. The maximum atomic E-state index is 13.3. The summed E-state index contributed by atoms with van der Waals surface area (Å²) in [6.07, 6.45) is 4.94. The fraction of sp³-hybridized carbons (Fsp3) is 0.500. The van der Waals surface area contributed by atoms with Gasteiger partial charge in [-0.25, -0.2) is 41.8 Å². The quantitative estimate of drug-likeness (QED) is 0.126. The highest BCUT2D eigenvalue weighted by atomic mass is 35.5. The van der Waals surface area contributed by atoms with Gasteiger partial charge in [-0.15, -0.1) is 0 Å². The third-order valence-corrected chi connectivity index (χ3v) is 20.6. The normalized spacial score (nSPS) is 18.9. The number of amides is 2. The molecule has 73 heavy (non-hydrogen) atoms. The van der Waals surface area contributed by atoms with E-state index in [2.05, 4.69) is 84.4 Å². The molecule has 4 aliphatic rings. The maximum absolute atomic E-state index is 13.3. The molecule has 390 valence electrons. The molecule has 4 fully saturated rings. The van der Waals surface area contributed by atoms with Crippen LogP contribution >= 0.6 is 34.3 Å². The Morgan fingerprint density at radius 3 is 1.59 bits per heavy atom. The van der Waals surface area contributed by atoms with Crippen LogP contribution in [0.2, 0.25) is 5.28 Å². The van der Waals surface area contributed by atoms with Gasteiger partial charge < -0.3 is 39.7 Å². The number of carbonyl (C=O) groups is 2. The van der Waals surface area contributed by atoms with Crippen LogP contribution in [0.4, 0.5) is 33.3 Å². The average Bonchev–Trinajstić information content (AvgIpc) is 3.94. The summed E-state index contributed by atoms with van der Waals surface area (Å²) in [5.74, 6) is 0.941. The molecule has 0 spiro atoms. The van der Waals surface area contributed by atoms with Crippen LogP contribution in [0, 0.1) is 25.7 Å². The minimum atomic E-state index is -3.58. The minimum Gasteiger partial charge on any atom is -0.378 e. The van der Waals surface area contributed by atoms with Gasteiger partial charge in [0.1, 0.15) is 26.4 Å². The zero-order chi connectivity index (χ0) is 51.4. The summed E-state index contributed by atoms with van der Waals surface area (Å²) < 4.78 is 64.5. The highest BCUT2D eigenvalue weighted by molar-refractivity contribution is 7.93. The molecule has 0 bridgehead atoms. The predicted octanol–water partition coefficient (Wildman–Crippen LogP) is 6.41. The van der Waals surface area contributed by atoms with E-state index in [0.717, 1.165) is 146 Å². The smallest absolute Gasteiger partial charge is 0.224 e. The number of piperidine rings is 2. The number of benzene rings is 2. The number of sulfone groups is 2. The number of aryl methyl sites for hydroxylation is 2. The van der Waals surface area contributed by atoms with Gasteiger partial charge in [0.2, 0.25) is 17.1 Å². The van der Waals surface area contributed by atoms with Crippen LogP contribution in [0.3, 0.4) is 0 Å². The number of halogens is 1. The summed E-state index contributed by atoms with van der Waals surface area (Å²) in [6.45, 7) is 15.0. The molecule has 4 aromatic heterocycles. The second-order valence-electron chi connectivity index (χ2n) is 18.7. The lowest BCUT2D eigenvalue weighted by molar-refractivity contribution is -0.115. The number of nitrogens with one attached hydrogen (secondary N) is 2. The number of hydrogen-bond acceptors (Lipinski definition) is 20. The number of carbonyl (C=O) groups excluding carboxylic acids is 2. The van der Waals surface area contributed by atoms with Gasteiger partial charge in [0, 0.05) is 88.4 Å². The zero-order valence-electron chi connectivity index (χ0n) is 41.2. The Bertz CT molecular complexity index is 3220. The molecular weight excluding hydrogens is 1040 g/mol. The van der Waals surface area contributed by atoms with E-state index in [-0.39, 0.29) is 48.9 Å². The predicted molar refractivity (Wildman–Crippen MR) is 286 cm³/mol.